The van der Waals surface area contributed by atoms with E-state index in [-0.39, 0.29) is 6.61 Å². The molecule has 2 rings (SSSR count). The fourth-order valence-electron chi connectivity index (χ4n) is 1.82. The van der Waals surface area contributed by atoms with E-state index < -0.39 is 0 Å². The maximum atomic E-state index is 9.27. The second kappa shape index (κ2) is 5.52. The maximum Gasteiger partial charge on any atom is 0.132 e. The molecule has 0 saturated carbocycles. The summed E-state index contributed by atoms with van der Waals surface area (Å²) in [6.45, 7) is 5.74. The van der Waals surface area contributed by atoms with Gasteiger partial charge in [-0.15, -0.1) is 0 Å². The predicted octanol–water partition coefficient (Wildman–Crippen LogP) is 3.92. The van der Waals surface area contributed by atoms with Crippen molar-refractivity contribution < 1.29 is 9.84 Å². The van der Waals surface area contributed by atoms with Crippen molar-refractivity contribution in [1.82, 2.24) is 0 Å². The van der Waals surface area contributed by atoms with Crippen LogP contribution in [0, 0.1) is 6.92 Å². The molecule has 0 spiro atoms. The molecule has 0 amide bonds. The third-order valence-electron chi connectivity index (χ3n) is 2.91. The van der Waals surface area contributed by atoms with Crippen LogP contribution in [0.2, 0.25) is 0 Å². The van der Waals surface area contributed by atoms with Gasteiger partial charge in [-0.2, -0.15) is 0 Å². The van der Waals surface area contributed by atoms with Crippen molar-refractivity contribution in [2.45, 2.75) is 13.5 Å². The topological polar surface area (TPSA) is 29.5 Å². The van der Waals surface area contributed by atoms with E-state index in [0.29, 0.717) is 5.75 Å². The summed E-state index contributed by atoms with van der Waals surface area (Å²) in [7, 11) is 0. The molecule has 0 fully saturated rings. The van der Waals surface area contributed by atoms with Gasteiger partial charge < -0.3 is 9.84 Å². The van der Waals surface area contributed by atoms with Gasteiger partial charge in [0.05, 0.1) is 6.61 Å². The highest BCUT2D eigenvalue weighted by atomic mass is 16.5. The Morgan fingerprint density at radius 3 is 2.56 bits per heavy atom. The molecular weight excluding hydrogens is 224 g/mol. The summed E-state index contributed by atoms with van der Waals surface area (Å²) in [4.78, 5) is 0. The average Bonchev–Trinajstić information content (AvgIpc) is 2.42. The van der Waals surface area contributed by atoms with Crippen molar-refractivity contribution >= 4 is 6.08 Å². The number of aliphatic hydroxyl groups excluding tert-OH is 1. The Hall–Kier alpha value is -2.06. The summed E-state index contributed by atoms with van der Waals surface area (Å²) < 4.78 is 5.87. The molecule has 0 saturated heterocycles. The molecule has 1 N–H and O–H groups in total. The first kappa shape index (κ1) is 12.4. The van der Waals surface area contributed by atoms with Gasteiger partial charge in [0.1, 0.15) is 11.5 Å². The van der Waals surface area contributed by atoms with Crippen LogP contribution < -0.4 is 4.74 Å². The van der Waals surface area contributed by atoms with E-state index in [4.69, 9.17) is 4.74 Å². The van der Waals surface area contributed by atoms with Gasteiger partial charge in [-0.3, -0.25) is 0 Å². The molecule has 18 heavy (non-hydrogen) atoms. The minimum Gasteiger partial charge on any atom is -0.457 e. The first-order valence-electron chi connectivity index (χ1n) is 5.85. The summed E-state index contributed by atoms with van der Waals surface area (Å²) in [6.07, 6.45) is 1.81. The van der Waals surface area contributed by atoms with Crippen molar-refractivity contribution in [3.63, 3.8) is 0 Å². The molecular formula is C16H16O2. The Morgan fingerprint density at radius 1 is 1.11 bits per heavy atom. The number of benzene rings is 2. The highest BCUT2D eigenvalue weighted by molar-refractivity contribution is 5.56. The maximum absolute atomic E-state index is 9.27. The van der Waals surface area contributed by atoms with E-state index in [9.17, 15) is 5.11 Å². The Balaban J connectivity index is 2.37. The highest BCUT2D eigenvalue weighted by Gasteiger charge is 2.07. The third kappa shape index (κ3) is 2.44. The predicted molar refractivity (Wildman–Crippen MR) is 73.7 cm³/mol. The molecule has 2 nitrogen and oxygen atoms in total. The molecule has 0 bridgehead atoms. The van der Waals surface area contributed by atoms with E-state index >= 15 is 0 Å². The minimum atomic E-state index is -0.0314. The molecule has 0 aliphatic rings. The van der Waals surface area contributed by atoms with Gasteiger partial charge >= 0.3 is 0 Å². The van der Waals surface area contributed by atoms with Crippen LogP contribution in [0.1, 0.15) is 16.7 Å². The summed E-state index contributed by atoms with van der Waals surface area (Å²) in [5.74, 6) is 1.47. The molecule has 0 aliphatic heterocycles. The Morgan fingerprint density at radius 2 is 1.83 bits per heavy atom. The minimum absolute atomic E-state index is 0.0314. The van der Waals surface area contributed by atoms with Crippen LogP contribution in [-0.4, -0.2) is 5.11 Å². The van der Waals surface area contributed by atoms with Crippen LogP contribution in [0.15, 0.2) is 49.0 Å². The van der Waals surface area contributed by atoms with Gasteiger partial charge in [-0.05, 0) is 30.2 Å². The van der Waals surface area contributed by atoms with Crippen LogP contribution in [0.4, 0.5) is 0 Å². The molecule has 2 aromatic carbocycles. The van der Waals surface area contributed by atoms with Crippen molar-refractivity contribution in [3.8, 4) is 11.5 Å². The lowest BCUT2D eigenvalue weighted by atomic mass is 10.1. The number of hydrogen-bond acceptors (Lipinski definition) is 2. The van der Waals surface area contributed by atoms with E-state index in [2.05, 4.69) is 6.58 Å². The summed E-state index contributed by atoms with van der Waals surface area (Å²) in [6, 6.07) is 13.3. The molecule has 2 heteroatoms. The fourth-order valence-corrected chi connectivity index (χ4v) is 1.82. The largest absolute Gasteiger partial charge is 0.457 e. The quantitative estimate of drug-likeness (QED) is 0.877. The summed E-state index contributed by atoms with van der Waals surface area (Å²) >= 11 is 0. The van der Waals surface area contributed by atoms with Crippen molar-refractivity contribution in [2.24, 2.45) is 0 Å². The second-order valence-electron chi connectivity index (χ2n) is 4.04. The normalized spacial score (nSPS) is 10.1. The first-order chi connectivity index (χ1) is 8.76. The van der Waals surface area contributed by atoms with Gasteiger partial charge in [-0.25, -0.2) is 0 Å². The molecule has 0 aromatic heterocycles. The van der Waals surface area contributed by atoms with Crippen LogP contribution in [0.5, 0.6) is 11.5 Å². The number of rotatable bonds is 4. The SMILES string of the molecule is C=Cc1cccc(Oc2ccccc2CO)c1C. The van der Waals surface area contributed by atoms with Crippen LogP contribution in [-0.2, 0) is 6.61 Å². The third-order valence-corrected chi connectivity index (χ3v) is 2.91. The Bertz CT molecular complexity index is 559. The fraction of sp³-hybridized carbons (Fsp3) is 0.125. The summed E-state index contributed by atoms with van der Waals surface area (Å²) in [5, 5.41) is 9.27. The zero-order valence-corrected chi connectivity index (χ0v) is 10.4. The van der Waals surface area contributed by atoms with E-state index in [0.717, 1.165) is 22.4 Å². The lowest BCUT2D eigenvalue weighted by Gasteiger charge is -2.13. The smallest absolute Gasteiger partial charge is 0.132 e. The number of hydrogen-bond donors (Lipinski definition) is 1. The first-order valence-corrected chi connectivity index (χ1v) is 5.85. The van der Waals surface area contributed by atoms with Crippen molar-refractivity contribution in [2.75, 3.05) is 0 Å². The Kier molecular flexibility index (Phi) is 3.80. The van der Waals surface area contributed by atoms with Crippen LogP contribution in [0.3, 0.4) is 0 Å². The van der Waals surface area contributed by atoms with E-state index in [1.54, 1.807) is 6.08 Å². The monoisotopic (exact) mass is 240 g/mol. The van der Waals surface area contributed by atoms with Gasteiger partial charge in [0, 0.05) is 5.56 Å². The Labute approximate surface area is 107 Å². The molecule has 0 aliphatic carbocycles. The number of aliphatic hydroxyl groups is 1. The lowest BCUT2D eigenvalue weighted by molar-refractivity contribution is 0.276. The standard InChI is InChI=1S/C16H16O2/c1-3-13-8-6-10-15(12(13)2)18-16-9-5-4-7-14(16)11-17/h3-10,17H,1,11H2,2H3. The zero-order valence-electron chi connectivity index (χ0n) is 10.4. The van der Waals surface area contributed by atoms with Crippen molar-refractivity contribution in [1.29, 1.82) is 0 Å². The van der Waals surface area contributed by atoms with Crippen LogP contribution in [0.25, 0.3) is 6.08 Å². The molecule has 0 atom stereocenters. The van der Waals surface area contributed by atoms with E-state index in [1.165, 1.54) is 0 Å². The molecule has 2 aromatic rings. The molecule has 92 valence electrons. The van der Waals surface area contributed by atoms with Gasteiger partial charge in [0.15, 0.2) is 0 Å². The summed E-state index contributed by atoms with van der Waals surface area (Å²) in [5.41, 5.74) is 2.87. The van der Waals surface area contributed by atoms with Crippen molar-refractivity contribution in [3.05, 3.63) is 65.7 Å². The number of ether oxygens (including phenoxy) is 1. The lowest BCUT2D eigenvalue weighted by Crippen LogP contribution is -1.94. The second-order valence-corrected chi connectivity index (χ2v) is 4.04. The molecule has 0 heterocycles. The highest BCUT2D eigenvalue weighted by Crippen LogP contribution is 2.29. The van der Waals surface area contributed by atoms with Gasteiger partial charge in [-0.1, -0.05) is 43.0 Å². The molecule has 0 radical (unpaired) electrons. The van der Waals surface area contributed by atoms with Crippen LogP contribution >= 0.6 is 0 Å². The van der Waals surface area contributed by atoms with Gasteiger partial charge in [0.2, 0.25) is 0 Å². The zero-order chi connectivity index (χ0) is 13.0. The molecule has 0 unspecified atom stereocenters. The number of para-hydroxylation sites is 1. The average molecular weight is 240 g/mol. The van der Waals surface area contributed by atoms with Gasteiger partial charge in [0.25, 0.3) is 0 Å². The van der Waals surface area contributed by atoms with E-state index in [1.807, 2.05) is 49.4 Å².